The quantitative estimate of drug-likeness (QED) is 0.435. The van der Waals surface area contributed by atoms with E-state index in [0.717, 1.165) is 59.4 Å². The van der Waals surface area contributed by atoms with E-state index in [1.54, 1.807) is 11.8 Å². The molecule has 3 aromatic rings. The fraction of sp³-hybridized carbons (Fsp3) is 0.375. The van der Waals surface area contributed by atoms with Gasteiger partial charge in [-0.15, -0.1) is 11.8 Å². The van der Waals surface area contributed by atoms with Crippen molar-refractivity contribution < 1.29 is 18.0 Å². The molecule has 1 amide bonds. The minimum Gasteiger partial charge on any atom is -0.341 e. The summed E-state index contributed by atoms with van der Waals surface area (Å²) >= 11 is 1.57. The van der Waals surface area contributed by atoms with Crippen molar-refractivity contribution in [2.75, 3.05) is 13.1 Å². The van der Waals surface area contributed by atoms with E-state index in [0.29, 0.717) is 18.2 Å². The molecular formula is C24H25F3N2OS. The van der Waals surface area contributed by atoms with Gasteiger partial charge in [0.2, 0.25) is 5.91 Å². The number of fused-ring (bicyclic) bond motifs is 1. The Morgan fingerprint density at radius 2 is 1.74 bits per heavy atom. The lowest BCUT2D eigenvalue weighted by molar-refractivity contribution is -0.137. The third kappa shape index (κ3) is 5.09. The topological polar surface area (TPSA) is 25.2 Å². The number of halogens is 3. The van der Waals surface area contributed by atoms with Gasteiger partial charge >= 0.3 is 6.18 Å². The van der Waals surface area contributed by atoms with Gasteiger partial charge in [0.15, 0.2) is 0 Å². The molecule has 4 rings (SSSR count). The van der Waals surface area contributed by atoms with E-state index in [2.05, 4.69) is 6.92 Å². The molecule has 31 heavy (non-hydrogen) atoms. The number of likely N-dealkylation sites (tertiary alicyclic amines) is 1. The lowest BCUT2D eigenvalue weighted by atomic mass is 9.99. The van der Waals surface area contributed by atoms with Crippen LogP contribution in [0.15, 0.2) is 59.6 Å². The molecular weight excluding hydrogens is 421 g/mol. The van der Waals surface area contributed by atoms with Crippen LogP contribution >= 0.6 is 11.8 Å². The lowest BCUT2D eigenvalue weighted by Gasteiger charge is -2.30. The minimum atomic E-state index is -4.32. The summed E-state index contributed by atoms with van der Waals surface area (Å²) in [6, 6.07) is 13.2. The average Bonchev–Trinajstić information content (AvgIpc) is 3.10. The summed E-state index contributed by atoms with van der Waals surface area (Å²) < 4.78 is 40.3. The van der Waals surface area contributed by atoms with Crippen molar-refractivity contribution in [2.45, 2.75) is 43.1 Å². The van der Waals surface area contributed by atoms with Crippen LogP contribution in [0.5, 0.6) is 0 Å². The predicted octanol–water partition coefficient (Wildman–Crippen LogP) is 6.21. The van der Waals surface area contributed by atoms with Crippen LogP contribution in [0.4, 0.5) is 13.2 Å². The minimum absolute atomic E-state index is 0.131. The van der Waals surface area contributed by atoms with Crippen molar-refractivity contribution in [1.82, 2.24) is 9.47 Å². The Morgan fingerprint density at radius 3 is 2.42 bits per heavy atom. The Balaban J connectivity index is 1.48. The average molecular weight is 447 g/mol. The predicted molar refractivity (Wildman–Crippen MR) is 118 cm³/mol. The highest BCUT2D eigenvalue weighted by Crippen LogP contribution is 2.34. The van der Waals surface area contributed by atoms with E-state index in [1.165, 1.54) is 12.1 Å². The van der Waals surface area contributed by atoms with Gasteiger partial charge in [0, 0.05) is 40.8 Å². The van der Waals surface area contributed by atoms with Crippen LogP contribution in [0.1, 0.15) is 30.9 Å². The lowest BCUT2D eigenvalue weighted by Crippen LogP contribution is -2.39. The molecule has 1 aliphatic rings. The van der Waals surface area contributed by atoms with Crippen molar-refractivity contribution in [2.24, 2.45) is 5.92 Å². The Morgan fingerprint density at radius 1 is 1.06 bits per heavy atom. The second kappa shape index (κ2) is 8.99. The summed E-state index contributed by atoms with van der Waals surface area (Å²) in [7, 11) is 0. The van der Waals surface area contributed by atoms with Crippen LogP contribution in [-0.2, 0) is 23.3 Å². The number of carbonyl (C=O) groups excluding carboxylic acids is 1. The van der Waals surface area contributed by atoms with Crippen LogP contribution in [-0.4, -0.2) is 28.5 Å². The van der Waals surface area contributed by atoms with Crippen molar-refractivity contribution in [3.05, 3.63) is 65.9 Å². The van der Waals surface area contributed by atoms with Crippen LogP contribution in [0.2, 0.25) is 0 Å². The largest absolute Gasteiger partial charge is 0.416 e. The van der Waals surface area contributed by atoms with E-state index in [1.807, 2.05) is 39.9 Å². The molecule has 1 aromatic heterocycles. The molecule has 0 N–H and O–H groups in total. The van der Waals surface area contributed by atoms with Gasteiger partial charge in [-0.1, -0.05) is 37.3 Å². The number of thioether (sulfide) groups is 1. The van der Waals surface area contributed by atoms with Gasteiger partial charge in [0.25, 0.3) is 0 Å². The van der Waals surface area contributed by atoms with Gasteiger partial charge in [-0.25, -0.2) is 0 Å². The highest BCUT2D eigenvalue weighted by atomic mass is 32.2. The Kier molecular flexibility index (Phi) is 6.32. The van der Waals surface area contributed by atoms with Gasteiger partial charge in [0.05, 0.1) is 5.56 Å². The first-order valence-electron chi connectivity index (χ1n) is 10.5. The Hall–Kier alpha value is -2.41. The maximum Gasteiger partial charge on any atom is 0.416 e. The number of benzene rings is 2. The summed E-state index contributed by atoms with van der Waals surface area (Å²) in [5, 5.41) is 1.06. The number of hydrogen-bond acceptors (Lipinski definition) is 2. The fourth-order valence-corrected chi connectivity index (χ4v) is 4.96. The molecule has 0 bridgehead atoms. The summed E-state index contributed by atoms with van der Waals surface area (Å²) in [4.78, 5) is 15.8. The number of piperidine rings is 1. The molecule has 0 atom stereocenters. The maximum atomic E-state index is 12.8. The molecule has 0 aliphatic carbocycles. The Labute approximate surface area is 184 Å². The molecule has 164 valence electrons. The summed E-state index contributed by atoms with van der Waals surface area (Å²) in [6.07, 6.45) is -0.235. The van der Waals surface area contributed by atoms with Gasteiger partial charge < -0.3 is 9.47 Å². The maximum absolute atomic E-state index is 12.8. The van der Waals surface area contributed by atoms with Gasteiger partial charge in [-0.05, 0) is 42.5 Å². The second-order valence-electron chi connectivity index (χ2n) is 8.19. The first-order valence-corrected chi connectivity index (χ1v) is 11.4. The zero-order valence-corrected chi connectivity index (χ0v) is 18.2. The van der Waals surface area contributed by atoms with Gasteiger partial charge in [-0.2, -0.15) is 13.2 Å². The molecule has 1 saturated heterocycles. The molecule has 7 heteroatoms. The molecule has 2 aromatic carbocycles. The second-order valence-corrected chi connectivity index (χ2v) is 9.20. The smallest absolute Gasteiger partial charge is 0.341 e. The zero-order chi connectivity index (χ0) is 22.0. The SMILES string of the molecule is CC1CCN(C(=O)Cn2cc(SCc3ccc(C(F)(F)F)cc3)c3ccccc32)CC1. The molecule has 2 heterocycles. The summed E-state index contributed by atoms with van der Waals surface area (Å²) in [5.41, 5.74) is 1.19. The third-order valence-corrected chi connectivity index (χ3v) is 6.98. The van der Waals surface area contributed by atoms with E-state index < -0.39 is 11.7 Å². The number of alkyl halides is 3. The molecule has 1 fully saturated rings. The van der Waals surface area contributed by atoms with Crippen LogP contribution in [0, 0.1) is 5.92 Å². The number of hydrogen-bond donors (Lipinski definition) is 0. The summed E-state index contributed by atoms with van der Waals surface area (Å²) in [5.74, 6) is 1.36. The molecule has 0 radical (unpaired) electrons. The van der Waals surface area contributed by atoms with E-state index in [-0.39, 0.29) is 5.91 Å². The van der Waals surface area contributed by atoms with Crippen molar-refractivity contribution >= 4 is 28.6 Å². The van der Waals surface area contributed by atoms with Crippen LogP contribution in [0.25, 0.3) is 10.9 Å². The zero-order valence-electron chi connectivity index (χ0n) is 17.4. The fourth-order valence-electron chi connectivity index (χ4n) is 3.91. The first-order chi connectivity index (χ1) is 14.8. The highest BCUT2D eigenvalue weighted by molar-refractivity contribution is 7.98. The van der Waals surface area contributed by atoms with Crippen molar-refractivity contribution in [3.63, 3.8) is 0 Å². The molecule has 0 spiro atoms. The molecule has 1 aliphatic heterocycles. The monoisotopic (exact) mass is 446 g/mol. The Bertz CT molecular complexity index is 1050. The number of amides is 1. The number of rotatable bonds is 5. The third-order valence-electron chi connectivity index (χ3n) is 5.87. The van der Waals surface area contributed by atoms with E-state index in [4.69, 9.17) is 0 Å². The van der Waals surface area contributed by atoms with Gasteiger partial charge in [0.1, 0.15) is 6.54 Å². The van der Waals surface area contributed by atoms with Gasteiger partial charge in [-0.3, -0.25) is 4.79 Å². The van der Waals surface area contributed by atoms with Crippen LogP contribution < -0.4 is 0 Å². The van der Waals surface area contributed by atoms with E-state index in [9.17, 15) is 18.0 Å². The highest BCUT2D eigenvalue weighted by Gasteiger charge is 2.30. The van der Waals surface area contributed by atoms with Crippen molar-refractivity contribution in [1.29, 1.82) is 0 Å². The van der Waals surface area contributed by atoms with Crippen molar-refractivity contribution in [3.8, 4) is 0 Å². The first kappa shape index (κ1) is 21.8. The normalized spacial score (nSPS) is 15.5. The molecule has 0 unspecified atom stereocenters. The number of carbonyl (C=O) groups is 1. The summed E-state index contributed by atoms with van der Waals surface area (Å²) in [6.45, 7) is 4.15. The number of aromatic nitrogens is 1. The molecule has 0 saturated carbocycles. The van der Waals surface area contributed by atoms with Crippen LogP contribution in [0.3, 0.4) is 0 Å². The number of nitrogens with zero attached hydrogens (tertiary/aromatic N) is 2. The standard InChI is InChI=1S/C24H25F3N2OS/c1-17-10-12-28(13-11-17)23(30)15-29-14-22(20-4-2-3-5-21(20)29)31-16-18-6-8-19(9-7-18)24(25,26)27/h2-9,14,17H,10-13,15-16H2,1H3. The molecule has 3 nitrogen and oxygen atoms in total. The van der Waals surface area contributed by atoms with E-state index >= 15 is 0 Å². The number of para-hydroxylation sites is 1.